The Hall–Kier alpha value is -1.13. The van der Waals surface area contributed by atoms with Crippen molar-refractivity contribution < 1.29 is 13.9 Å². The molecule has 0 aliphatic heterocycles. The largest absolute Gasteiger partial charge is 0.380 e. The number of ether oxygens (including phenoxy) is 2. The molecule has 3 nitrogen and oxygen atoms in total. The molecule has 0 atom stereocenters. The molecule has 0 radical (unpaired) electrons. The van der Waals surface area contributed by atoms with Gasteiger partial charge in [0.1, 0.15) is 5.82 Å². The zero-order valence-electron chi connectivity index (χ0n) is 11.3. The summed E-state index contributed by atoms with van der Waals surface area (Å²) in [5.41, 5.74) is 0.376. The highest BCUT2D eigenvalue weighted by atomic mass is 19.1. The summed E-state index contributed by atoms with van der Waals surface area (Å²) in [6.45, 7) is 8.25. The van der Waals surface area contributed by atoms with Gasteiger partial charge in [-0.1, -0.05) is 12.1 Å². The fourth-order valence-electron chi connectivity index (χ4n) is 1.37. The van der Waals surface area contributed by atoms with Gasteiger partial charge in [0, 0.05) is 6.54 Å². The highest BCUT2D eigenvalue weighted by Gasteiger charge is 2.08. The summed E-state index contributed by atoms with van der Waals surface area (Å²) < 4.78 is 24.1. The summed E-state index contributed by atoms with van der Waals surface area (Å²) in [4.78, 5) is 0. The summed E-state index contributed by atoms with van der Waals surface area (Å²) >= 11 is 0. The average Bonchev–Trinajstić information content (AvgIpc) is 2.28. The second-order valence-corrected chi connectivity index (χ2v) is 4.98. The molecule has 0 saturated heterocycles. The van der Waals surface area contributed by atoms with Gasteiger partial charge in [0.25, 0.3) is 0 Å². The van der Waals surface area contributed by atoms with Crippen LogP contribution < -0.4 is 5.32 Å². The van der Waals surface area contributed by atoms with Crippen LogP contribution in [0.1, 0.15) is 20.8 Å². The van der Waals surface area contributed by atoms with Crippen LogP contribution in [0.3, 0.4) is 0 Å². The van der Waals surface area contributed by atoms with Gasteiger partial charge < -0.3 is 14.8 Å². The van der Waals surface area contributed by atoms with Crippen molar-refractivity contribution >= 4 is 5.69 Å². The lowest BCUT2D eigenvalue weighted by Crippen LogP contribution is -2.22. The van der Waals surface area contributed by atoms with E-state index in [2.05, 4.69) is 5.32 Å². The number of halogens is 1. The van der Waals surface area contributed by atoms with E-state index >= 15 is 0 Å². The SMILES string of the molecule is CC(C)(C)OCCOCCNc1ccccc1F. The summed E-state index contributed by atoms with van der Waals surface area (Å²) in [5, 5.41) is 2.98. The molecule has 0 aromatic heterocycles. The van der Waals surface area contributed by atoms with Crippen molar-refractivity contribution in [1.82, 2.24) is 0 Å². The summed E-state index contributed by atoms with van der Waals surface area (Å²) in [6.07, 6.45) is 0. The Bertz CT molecular complexity index is 350. The van der Waals surface area contributed by atoms with E-state index in [9.17, 15) is 4.39 Å². The number of anilines is 1. The molecule has 0 spiro atoms. The topological polar surface area (TPSA) is 30.5 Å². The summed E-state index contributed by atoms with van der Waals surface area (Å²) in [7, 11) is 0. The number of hydrogen-bond donors (Lipinski definition) is 1. The van der Waals surface area contributed by atoms with Crippen molar-refractivity contribution in [3.8, 4) is 0 Å². The molecule has 0 amide bonds. The maximum absolute atomic E-state index is 13.2. The second kappa shape index (κ2) is 7.34. The molecule has 0 unspecified atom stereocenters. The number of nitrogens with one attached hydrogen (secondary N) is 1. The fraction of sp³-hybridized carbons (Fsp3) is 0.571. The van der Waals surface area contributed by atoms with E-state index in [0.29, 0.717) is 32.1 Å². The van der Waals surface area contributed by atoms with Crippen LogP contribution in [-0.4, -0.2) is 32.0 Å². The minimum Gasteiger partial charge on any atom is -0.380 e. The molecule has 0 aliphatic carbocycles. The van der Waals surface area contributed by atoms with Gasteiger partial charge in [0.05, 0.1) is 31.1 Å². The van der Waals surface area contributed by atoms with E-state index in [-0.39, 0.29) is 11.4 Å². The van der Waals surface area contributed by atoms with Crippen molar-refractivity contribution in [3.05, 3.63) is 30.1 Å². The van der Waals surface area contributed by atoms with Gasteiger partial charge in [0.2, 0.25) is 0 Å². The third-order valence-electron chi connectivity index (χ3n) is 2.20. The van der Waals surface area contributed by atoms with Crippen LogP contribution in [-0.2, 0) is 9.47 Å². The Morgan fingerprint density at radius 3 is 2.50 bits per heavy atom. The molecule has 1 aromatic rings. The highest BCUT2D eigenvalue weighted by Crippen LogP contribution is 2.11. The van der Waals surface area contributed by atoms with Crippen molar-refractivity contribution in [1.29, 1.82) is 0 Å². The van der Waals surface area contributed by atoms with Crippen LogP contribution in [0.5, 0.6) is 0 Å². The van der Waals surface area contributed by atoms with Crippen LogP contribution >= 0.6 is 0 Å². The Morgan fingerprint density at radius 2 is 1.83 bits per heavy atom. The predicted molar refractivity (Wildman–Crippen MR) is 71.4 cm³/mol. The van der Waals surface area contributed by atoms with Gasteiger partial charge in [0.15, 0.2) is 0 Å². The Morgan fingerprint density at radius 1 is 1.11 bits per heavy atom. The zero-order valence-corrected chi connectivity index (χ0v) is 11.3. The lowest BCUT2D eigenvalue weighted by molar-refractivity contribution is -0.0335. The Balaban J connectivity index is 2.04. The van der Waals surface area contributed by atoms with Crippen molar-refractivity contribution in [2.75, 3.05) is 31.7 Å². The van der Waals surface area contributed by atoms with Crippen molar-refractivity contribution in [2.24, 2.45) is 0 Å². The molecule has 0 bridgehead atoms. The molecule has 1 rings (SSSR count). The maximum atomic E-state index is 13.2. The normalized spacial score (nSPS) is 11.6. The lowest BCUT2D eigenvalue weighted by atomic mass is 10.2. The zero-order chi connectivity index (χ0) is 13.4. The number of para-hydroxylation sites is 1. The fourth-order valence-corrected chi connectivity index (χ4v) is 1.37. The van der Waals surface area contributed by atoms with E-state index in [1.54, 1.807) is 18.2 Å². The first kappa shape index (κ1) is 14.9. The average molecular weight is 255 g/mol. The summed E-state index contributed by atoms with van der Waals surface area (Å²) in [6, 6.07) is 6.60. The molecule has 0 saturated carbocycles. The Kier molecular flexibility index (Phi) is 6.09. The van der Waals surface area contributed by atoms with E-state index in [1.807, 2.05) is 20.8 Å². The summed E-state index contributed by atoms with van der Waals surface area (Å²) in [5.74, 6) is -0.242. The maximum Gasteiger partial charge on any atom is 0.146 e. The van der Waals surface area contributed by atoms with Gasteiger partial charge in [-0.05, 0) is 32.9 Å². The lowest BCUT2D eigenvalue weighted by Gasteiger charge is -2.19. The molecular weight excluding hydrogens is 233 g/mol. The molecule has 18 heavy (non-hydrogen) atoms. The highest BCUT2D eigenvalue weighted by molar-refractivity contribution is 5.44. The minimum absolute atomic E-state index is 0.130. The number of rotatable bonds is 7. The van der Waals surface area contributed by atoms with Gasteiger partial charge in [-0.3, -0.25) is 0 Å². The first-order valence-electron chi connectivity index (χ1n) is 6.19. The minimum atomic E-state index is -0.242. The van der Waals surface area contributed by atoms with Crippen LogP contribution in [0.4, 0.5) is 10.1 Å². The molecular formula is C14H22FNO2. The Labute approximate surface area is 108 Å². The van der Waals surface area contributed by atoms with Gasteiger partial charge in [-0.15, -0.1) is 0 Å². The van der Waals surface area contributed by atoms with Crippen molar-refractivity contribution in [3.63, 3.8) is 0 Å². The van der Waals surface area contributed by atoms with Crippen LogP contribution in [0, 0.1) is 5.82 Å². The quantitative estimate of drug-likeness (QED) is 0.760. The van der Waals surface area contributed by atoms with E-state index in [4.69, 9.17) is 9.47 Å². The molecule has 1 N–H and O–H groups in total. The monoisotopic (exact) mass is 255 g/mol. The smallest absolute Gasteiger partial charge is 0.146 e. The first-order chi connectivity index (χ1) is 8.49. The van der Waals surface area contributed by atoms with Crippen LogP contribution in [0.2, 0.25) is 0 Å². The first-order valence-corrected chi connectivity index (χ1v) is 6.19. The molecule has 0 heterocycles. The van der Waals surface area contributed by atoms with Gasteiger partial charge in [-0.25, -0.2) is 4.39 Å². The molecule has 102 valence electrons. The standard InChI is InChI=1S/C14H22FNO2/c1-14(2,3)18-11-10-17-9-8-16-13-7-5-4-6-12(13)15/h4-7,16H,8-11H2,1-3H3. The third kappa shape index (κ3) is 6.57. The molecule has 0 fully saturated rings. The van der Waals surface area contributed by atoms with Gasteiger partial charge >= 0.3 is 0 Å². The van der Waals surface area contributed by atoms with E-state index in [1.165, 1.54) is 6.07 Å². The molecule has 4 heteroatoms. The van der Waals surface area contributed by atoms with Crippen LogP contribution in [0.15, 0.2) is 24.3 Å². The number of hydrogen-bond acceptors (Lipinski definition) is 3. The van der Waals surface area contributed by atoms with E-state index < -0.39 is 0 Å². The predicted octanol–water partition coefficient (Wildman–Crippen LogP) is 3.07. The van der Waals surface area contributed by atoms with Crippen molar-refractivity contribution in [2.45, 2.75) is 26.4 Å². The van der Waals surface area contributed by atoms with Gasteiger partial charge in [-0.2, -0.15) is 0 Å². The number of benzene rings is 1. The van der Waals surface area contributed by atoms with Crippen LogP contribution in [0.25, 0.3) is 0 Å². The molecule has 1 aromatic carbocycles. The van der Waals surface area contributed by atoms with E-state index in [0.717, 1.165) is 0 Å². The molecule has 0 aliphatic rings. The third-order valence-corrected chi connectivity index (χ3v) is 2.20. The second-order valence-electron chi connectivity index (χ2n) is 4.98.